The van der Waals surface area contributed by atoms with Crippen LogP contribution in [-0.4, -0.2) is 11.6 Å². The van der Waals surface area contributed by atoms with Crippen LogP contribution in [-0.2, 0) is 9.59 Å². The maximum Gasteiger partial charge on any atom is 0.201 e. The molecular weight excluding hydrogens is 360 g/mol. The van der Waals surface area contributed by atoms with Gasteiger partial charge >= 0.3 is 0 Å². The number of allylic oxidation sites excluding steroid dienone is 13. The minimum atomic E-state index is -0.275. The number of ketones is 2. The Morgan fingerprint density at radius 3 is 1.59 bits per heavy atom. The standard InChI is InChI=1S/C25H28N2O2/c1-7-13-18-21(27-22(15-9-3)24(28)17-11-5)20(12-6)26-23(16-10-4)25(29)19-14-8-2/h7-19,26-27H,1-4,6H2,5H3/b17-11-,18-13-,19-14-,21-20-,22-15+,23-16+. The Labute approximate surface area is 173 Å². The van der Waals surface area contributed by atoms with Crippen LogP contribution < -0.4 is 10.6 Å². The Morgan fingerprint density at radius 1 is 0.655 bits per heavy atom. The second kappa shape index (κ2) is 15.2. The van der Waals surface area contributed by atoms with Gasteiger partial charge < -0.3 is 10.6 Å². The van der Waals surface area contributed by atoms with Crippen LogP contribution in [0.5, 0.6) is 0 Å². The van der Waals surface area contributed by atoms with E-state index in [1.165, 1.54) is 42.5 Å². The normalized spacial score (nSPS) is 13.1. The van der Waals surface area contributed by atoms with E-state index in [0.29, 0.717) is 17.1 Å². The fraction of sp³-hybridized carbons (Fsp3) is 0.0400. The molecule has 4 nitrogen and oxygen atoms in total. The first-order valence-corrected chi connectivity index (χ1v) is 8.84. The molecule has 0 aliphatic carbocycles. The minimum Gasteiger partial charge on any atom is -0.351 e. The summed E-state index contributed by atoms with van der Waals surface area (Å²) in [5.41, 5.74) is 1.55. The van der Waals surface area contributed by atoms with Crippen molar-refractivity contribution in [3.63, 3.8) is 0 Å². The molecule has 0 amide bonds. The van der Waals surface area contributed by atoms with Crippen molar-refractivity contribution in [2.45, 2.75) is 6.92 Å². The van der Waals surface area contributed by atoms with E-state index in [9.17, 15) is 9.59 Å². The Kier molecular flexibility index (Phi) is 13.1. The van der Waals surface area contributed by atoms with E-state index in [2.05, 4.69) is 43.5 Å². The Hall–Kier alpha value is -3.92. The average molecular weight is 389 g/mol. The van der Waals surface area contributed by atoms with Gasteiger partial charge in [-0.15, -0.1) is 0 Å². The van der Waals surface area contributed by atoms with Gasteiger partial charge in [-0.05, 0) is 43.4 Å². The van der Waals surface area contributed by atoms with Crippen molar-refractivity contribution >= 4 is 11.6 Å². The lowest BCUT2D eigenvalue weighted by Crippen LogP contribution is -2.25. The van der Waals surface area contributed by atoms with Gasteiger partial charge in [0.05, 0.1) is 22.8 Å². The van der Waals surface area contributed by atoms with Crippen LogP contribution in [0.15, 0.2) is 135 Å². The second-order valence-corrected chi connectivity index (χ2v) is 5.33. The molecule has 0 unspecified atom stereocenters. The SMILES string of the molecule is C=C/C=C\C(=O)/C(=C\C=C)N/C(C=C)=C(/C=C\C=C)N/C(=C/C=C)C(=O)/C=C\C. The van der Waals surface area contributed by atoms with Gasteiger partial charge in [-0.25, -0.2) is 0 Å². The van der Waals surface area contributed by atoms with Crippen molar-refractivity contribution in [2.24, 2.45) is 0 Å². The predicted octanol–water partition coefficient (Wildman–Crippen LogP) is 4.90. The molecule has 0 spiro atoms. The lowest BCUT2D eigenvalue weighted by atomic mass is 10.2. The maximum absolute atomic E-state index is 12.4. The molecule has 0 bridgehead atoms. The van der Waals surface area contributed by atoms with Gasteiger partial charge in [0.25, 0.3) is 0 Å². The van der Waals surface area contributed by atoms with Gasteiger partial charge in [-0.3, -0.25) is 9.59 Å². The molecule has 0 saturated carbocycles. The smallest absolute Gasteiger partial charge is 0.201 e. The summed E-state index contributed by atoms with van der Waals surface area (Å²) in [6.07, 6.45) is 20.1. The molecule has 0 rings (SSSR count). The van der Waals surface area contributed by atoms with Crippen molar-refractivity contribution < 1.29 is 9.59 Å². The molecule has 0 saturated heterocycles. The number of hydrogen-bond donors (Lipinski definition) is 2. The first-order chi connectivity index (χ1) is 14.0. The average Bonchev–Trinajstić information content (AvgIpc) is 2.71. The minimum absolute atomic E-state index is 0.229. The van der Waals surface area contributed by atoms with E-state index in [4.69, 9.17) is 0 Å². The number of hydrogen-bond acceptors (Lipinski definition) is 4. The first-order valence-electron chi connectivity index (χ1n) is 8.84. The van der Waals surface area contributed by atoms with E-state index in [0.717, 1.165) is 0 Å². The number of carbonyl (C=O) groups is 2. The number of carbonyl (C=O) groups excluding carboxylic acids is 2. The molecule has 0 atom stereocenters. The van der Waals surface area contributed by atoms with E-state index in [1.807, 2.05) is 0 Å². The fourth-order valence-corrected chi connectivity index (χ4v) is 1.97. The Bertz CT molecular complexity index is 844. The third kappa shape index (κ3) is 9.54. The van der Waals surface area contributed by atoms with Crippen LogP contribution in [0.3, 0.4) is 0 Å². The van der Waals surface area contributed by atoms with Crippen molar-refractivity contribution in [2.75, 3.05) is 0 Å². The highest BCUT2D eigenvalue weighted by atomic mass is 16.1. The maximum atomic E-state index is 12.4. The zero-order chi connectivity index (χ0) is 22.1. The van der Waals surface area contributed by atoms with Crippen LogP contribution in [0.25, 0.3) is 0 Å². The van der Waals surface area contributed by atoms with Crippen LogP contribution in [0.2, 0.25) is 0 Å². The Balaban J connectivity index is 6.27. The zero-order valence-corrected chi connectivity index (χ0v) is 16.9. The van der Waals surface area contributed by atoms with Gasteiger partial charge in [0.15, 0.2) is 0 Å². The van der Waals surface area contributed by atoms with Gasteiger partial charge in [0.1, 0.15) is 0 Å². The van der Waals surface area contributed by atoms with Gasteiger partial charge in [0.2, 0.25) is 11.6 Å². The molecule has 150 valence electrons. The van der Waals surface area contributed by atoms with E-state index in [-0.39, 0.29) is 17.3 Å². The quantitative estimate of drug-likeness (QED) is 0.328. The summed E-state index contributed by atoms with van der Waals surface area (Å²) in [4.78, 5) is 24.7. The third-order valence-electron chi connectivity index (χ3n) is 3.23. The van der Waals surface area contributed by atoms with Gasteiger partial charge in [-0.2, -0.15) is 0 Å². The zero-order valence-electron chi connectivity index (χ0n) is 16.9. The topological polar surface area (TPSA) is 58.2 Å². The summed E-state index contributed by atoms with van der Waals surface area (Å²) in [6.45, 7) is 20.0. The van der Waals surface area contributed by atoms with Crippen LogP contribution in [0.1, 0.15) is 6.92 Å². The van der Waals surface area contributed by atoms with Crippen molar-refractivity contribution in [3.8, 4) is 0 Å². The van der Waals surface area contributed by atoms with Gasteiger partial charge in [-0.1, -0.05) is 75.4 Å². The molecule has 29 heavy (non-hydrogen) atoms. The number of nitrogens with one attached hydrogen (secondary N) is 2. The van der Waals surface area contributed by atoms with Crippen molar-refractivity contribution in [1.29, 1.82) is 0 Å². The largest absolute Gasteiger partial charge is 0.351 e. The molecule has 0 aromatic rings. The van der Waals surface area contributed by atoms with E-state index < -0.39 is 0 Å². The molecule has 0 radical (unpaired) electrons. The summed E-state index contributed by atoms with van der Waals surface area (Å²) in [7, 11) is 0. The molecule has 0 heterocycles. The lowest BCUT2D eigenvalue weighted by Gasteiger charge is -2.16. The first kappa shape index (κ1) is 25.1. The monoisotopic (exact) mass is 388 g/mol. The third-order valence-corrected chi connectivity index (χ3v) is 3.23. The van der Waals surface area contributed by atoms with Crippen LogP contribution >= 0.6 is 0 Å². The van der Waals surface area contributed by atoms with Crippen molar-refractivity contribution in [1.82, 2.24) is 10.6 Å². The molecule has 0 fully saturated rings. The summed E-state index contributed by atoms with van der Waals surface area (Å²) in [5, 5.41) is 6.08. The Morgan fingerprint density at radius 2 is 1.14 bits per heavy atom. The molecule has 0 aliphatic heterocycles. The summed E-state index contributed by atoms with van der Waals surface area (Å²) in [5.74, 6) is -0.504. The van der Waals surface area contributed by atoms with Crippen molar-refractivity contribution in [3.05, 3.63) is 135 Å². The second-order valence-electron chi connectivity index (χ2n) is 5.33. The molecule has 0 aromatic carbocycles. The molecular formula is C25H28N2O2. The molecule has 2 N–H and O–H groups in total. The highest BCUT2D eigenvalue weighted by Gasteiger charge is 2.12. The highest BCUT2D eigenvalue weighted by molar-refractivity contribution is 6.04. The fourth-order valence-electron chi connectivity index (χ4n) is 1.97. The van der Waals surface area contributed by atoms with Gasteiger partial charge in [0, 0.05) is 0 Å². The predicted molar refractivity (Wildman–Crippen MR) is 124 cm³/mol. The highest BCUT2D eigenvalue weighted by Crippen LogP contribution is 2.10. The summed E-state index contributed by atoms with van der Waals surface area (Å²) in [6, 6.07) is 0. The molecule has 0 aromatic heterocycles. The number of rotatable bonds is 14. The summed E-state index contributed by atoms with van der Waals surface area (Å²) < 4.78 is 0. The van der Waals surface area contributed by atoms with Crippen LogP contribution in [0, 0.1) is 0 Å². The summed E-state index contributed by atoms with van der Waals surface area (Å²) >= 11 is 0. The van der Waals surface area contributed by atoms with Crippen LogP contribution in [0.4, 0.5) is 0 Å². The lowest BCUT2D eigenvalue weighted by molar-refractivity contribution is -0.112. The molecule has 0 aliphatic rings. The van der Waals surface area contributed by atoms with E-state index in [1.54, 1.807) is 43.4 Å². The van der Waals surface area contributed by atoms with E-state index >= 15 is 0 Å². The molecule has 4 heteroatoms.